The summed E-state index contributed by atoms with van der Waals surface area (Å²) in [6.07, 6.45) is -1.46. The van der Waals surface area contributed by atoms with Gasteiger partial charge in [0.25, 0.3) is 5.56 Å². The van der Waals surface area contributed by atoms with E-state index in [1.54, 1.807) is 11.4 Å². The van der Waals surface area contributed by atoms with Crippen molar-refractivity contribution in [2.45, 2.75) is 51.1 Å². The Bertz CT molecular complexity index is 851. The van der Waals surface area contributed by atoms with E-state index < -0.39 is 23.8 Å². The summed E-state index contributed by atoms with van der Waals surface area (Å²) in [5.74, 6) is -0.717. The number of aromatic amines is 1. The van der Waals surface area contributed by atoms with Crippen LogP contribution in [0.1, 0.15) is 27.0 Å². The average molecular weight is 324 g/mol. The monoisotopic (exact) mass is 324 g/mol. The largest absolute Gasteiger partial charge is 0.349 e. The Morgan fingerprint density at radius 1 is 1.27 bits per heavy atom. The minimum absolute atomic E-state index is 0.204. The van der Waals surface area contributed by atoms with Crippen molar-refractivity contribution in [2.24, 2.45) is 0 Å². The van der Waals surface area contributed by atoms with Gasteiger partial charge in [-0.15, -0.1) is 11.3 Å². The Morgan fingerprint density at radius 3 is 2.77 bits per heavy atom. The second-order valence-electron chi connectivity index (χ2n) is 6.06. The second-order valence-corrected chi connectivity index (χ2v) is 6.98. The minimum Gasteiger partial charge on any atom is -0.349 e. The SMILES string of the molecule is C[C@H]1O[C@@H](n2c(=O)[nH]c(=O)c3sccc32)[C@@H]2OC(C)(C)O[C@@H]21. The normalized spacial score (nSPS) is 33.4. The molecule has 0 amide bonds. The van der Waals surface area contributed by atoms with Crippen LogP contribution in [0.2, 0.25) is 0 Å². The number of rotatable bonds is 1. The molecule has 4 rings (SSSR count). The third kappa shape index (κ3) is 1.91. The highest BCUT2D eigenvalue weighted by molar-refractivity contribution is 7.17. The molecule has 0 aromatic carbocycles. The van der Waals surface area contributed by atoms with Crippen LogP contribution in [-0.4, -0.2) is 33.7 Å². The molecule has 2 aromatic rings. The lowest BCUT2D eigenvalue weighted by atomic mass is 10.1. The third-order valence-electron chi connectivity index (χ3n) is 4.07. The van der Waals surface area contributed by atoms with Crippen molar-refractivity contribution >= 4 is 21.6 Å². The molecule has 0 unspecified atom stereocenters. The Morgan fingerprint density at radius 2 is 2.00 bits per heavy atom. The van der Waals surface area contributed by atoms with E-state index in [4.69, 9.17) is 14.2 Å². The van der Waals surface area contributed by atoms with Gasteiger partial charge in [0.1, 0.15) is 16.9 Å². The molecule has 4 atom stereocenters. The molecule has 0 aliphatic carbocycles. The maximum Gasteiger partial charge on any atom is 0.331 e. The van der Waals surface area contributed by atoms with E-state index in [-0.39, 0.29) is 17.8 Å². The summed E-state index contributed by atoms with van der Waals surface area (Å²) >= 11 is 1.29. The molecule has 22 heavy (non-hydrogen) atoms. The standard InChI is InChI=1S/C14H16N2O5S/c1-6-8-9(21-14(2,3)20-8)12(19-6)16-7-4-5-22-10(7)11(17)15-13(16)18/h4-6,8-9,12H,1-3H3,(H,15,17,18)/t6-,8-,9-,12-/m1/s1. The van der Waals surface area contributed by atoms with E-state index in [1.165, 1.54) is 15.9 Å². The number of hydrogen-bond acceptors (Lipinski definition) is 6. The minimum atomic E-state index is -0.717. The molecule has 2 saturated heterocycles. The number of nitrogens with one attached hydrogen (secondary N) is 1. The molecule has 1 N–H and O–H groups in total. The predicted octanol–water partition coefficient (Wildman–Crippen LogP) is 1.19. The summed E-state index contributed by atoms with van der Waals surface area (Å²) in [7, 11) is 0. The molecule has 7 nitrogen and oxygen atoms in total. The number of H-pyrrole nitrogens is 1. The van der Waals surface area contributed by atoms with Gasteiger partial charge in [-0.1, -0.05) is 0 Å². The van der Waals surface area contributed by atoms with E-state index in [2.05, 4.69) is 4.98 Å². The lowest BCUT2D eigenvalue weighted by Gasteiger charge is -2.24. The molecule has 2 aromatic heterocycles. The van der Waals surface area contributed by atoms with Gasteiger partial charge in [-0.2, -0.15) is 0 Å². The Labute approximate surface area is 129 Å². The molecular formula is C14H16N2O5S. The van der Waals surface area contributed by atoms with Gasteiger partial charge in [0.2, 0.25) is 0 Å². The fourth-order valence-corrected chi connectivity index (χ4v) is 4.00. The summed E-state index contributed by atoms with van der Waals surface area (Å²) < 4.78 is 19.6. The molecule has 4 heterocycles. The van der Waals surface area contributed by atoms with Crippen LogP contribution in [0.4, 0.5) is 0 Å². The molecular weight excluding hydrogens is 308 g/mol. The third-order valence-corrected chi connectivity index (χ3v) is 4.97. The van der Waals surface area contributed by atoms with Crippen LogP contribution in [0.25, 0.3) is 10.2 Å². The molecule has 2 fully saturated rings. The first-order chi connectivity index (χ1) is 10.4. The van der Waals surface area contributed by atoms with Gasteiger partial charge in [0.05, 0.1) is 11.6 Å². The Balaban J connectivity index is 1.88. The number of ether oxygens (including phenoxy) is 3. The van der Waals surface area contributed by atoms with E-state index in [9.17, 15) is 9.59 Å². The van der Waals surface area contributed by atoms with Crippen molar-refractivity contribution in [3.8, 4) is 0 Å². The van der Waals surface area contributed by atoms with E-state index >= 15 is 0 Å². The molecule has 2 aliphatic rings. The van der Waals surface area contributed by atoms with Crippen LogP contribution in [0, 0.1) is 0 Å². The first kappa shape index (κ1) is 14.1. The topological polar surface area (TPSA) is 82.6 Å². The summed E-state index contributed by atoms with van der Waals surface area (Å²) in [5.41, 5.74) is -0.315. The number of hydrogen-bond donors (Lipinski definition) is 1. The van der Waals surface area contributed by atoms with Crippen LogP contribution in [0.15, 0.2) is 21.0 Å². The lowest BCUT2D eigenvalue weighted by molar-refractivity contribution is -0.194. The lowest BCUT2D eigenvalue weighted by Crippen LogP contribution is -2.37. The second kappa shape index (κ2) is 4.51. The van der Waals surface area contributed by atoms with Crippen molar-refractivity contribution in [2.75, 3.05) is 0 Å². The summed E-state index contributed by atoms with van der Waals surface area (Å²) in [4.78, 5) is 26.5. The van der Waals surface area contributed by atoms with Crippen molar-refractivity contribution < 1.29 is 14.2 Å². The molecule has 0 bridgehead atoms. The van der Waals surface area contributed by atoms with Gasteiger partial charge in [-0.3, -0.25) is 14.3 Å². The smallest absolute Gasteiger partial charge is 0.331 e. The Hall–Kier alpha value is -1.48. The van der Waals surface area contributed by atoms with E-state index in [0.717, 1.165) is 0 Å². The van der Waals surface area contributed by atoms with Gasteiger partial charge in [0, 0.05) is 0 Å². The van der Waals surface area contributed by atoms with Crippen molar-refractivity contribution in [3.63, 3.8) is 0 Å². The van der Waals surface area contributed by atoms with Gasteiger partial charge in [-0.05, 0) is 32.2 Å². The van der Waals surface area contributed by atoms with Gasteiger partial charge < -0.3 is 14.2 Å². The van der Waals surface area contributed by atoms with Gasteiger partial charge in [0.15, 0.2) is 12.0 Å². The molecule has 118 valence electrons. The predicted molar refractivity (Wildman–Crippen MR) is 80.1 cm³/mol. The molecule has 8 heteroatoms. The van der Waals surface area contributed by atoms with Crippen molar-refractivity contribution in [1.29, 1.82) is 0 Å². The van der Waals surface area contributed by atoms with Gasteiger partial charge in [-0.25, -0.2) is 4.79 Å². The number of fused-ring (bicyclic) bond motifs is 2. The summed E-state index contributed by atoms with van der Waals surface area (Å²) in [6.45, 7) is 5.57. The van der Waals surface area contributed by atoms with E-state index in [1.807, 2.05) is 20.8 Å². The van der Waals surface area contributed by atoms with Crippen LogP contribution in [0.5, 0.6) is 0 Å². The van der Waals surface area contributed by atoms with E-state index in [0.29, 0.717) is 10.2 Å². The Kier molecular flexibility index (Phi) is 2.90. The molecule has 0 radical (unpaired) electrons. The van der Waals surface area contributed by atoms with Crippen molar-refractivity contribution in [1.82, 2.24) is 9.55 Å². The highest BCUT2D eigenvalue weighted by Gasteiger charge is 2.54. The first-order valence-electron chi connectivity index (χ1n) is 7.10. The number of aromatic nitrogens is 2. The highest BCUT2D eigenvalue weighted by Crippen LogP contribution is 2.43. The van der Waals surface area contributed by atoms with Crippen LogP contribution in [0.3, 0.4) is 0 Å². The van der Waals surface area contributed by atoms with Crippen LogP contribution < -0.4 is 11.2 Å². The molecule has 0 spiro atoms. The fraction of sp³-hybridized carbons (Fsp3) is 0.571. The number of thiophene rings is 1. The van der Waals surface area contributed by atoms with Crippen LogP contribution >= 0.6 is 11.3 Å². The maximum absolute atomic E-state index is 12.3. The molecule has 0 saturated carbocycles. The zero-order chi connectivity index (χ0) is 15.6. The zero-order valence-electron chi connectivity index (χ0n) is 12.4. The number of nitrogens with zero attached hydrogens (tertiary/aromatic N) is 1. The summed E-state index contributed by atoms with van der Waals surface area (Å²) in [6, 6.07) is 1.75. The maximum atomic E-state index is 12.3. The molecule has 2 aliphatic heterocycles. The quantitative estimate of drug-likeness (QED) is 0.852. The van der Waals surface area contributed by atoms with Gasteiger partial charge >= 0.3 is 5.69 Å². The zero-order valence-corrected chi connectivity index (χ0v) is 13.2. The average Bonchev–Trinajstić information content (AvgIpc) is 3.07. The van der Waals surface area contributed by atoms with Crippen molar-refractivity contribution in [3.05, 3.63) is 32.3 Å². The fourth-order valence-electron chi connectivity index (χ4n) is 3.22. The first-order valence-corrected chi connectivity index (χ1v) is 7.98. The summed E-state index contributed by atoms with van der Waals surface area (Å²) in [5, 5.41) is 1.78. The van der Waals surface area contributed by atoms with Crippen LogP contribution in [-0.2, 0) is 14.2 Å². The highest BCUT2D eigenvalue weighted by atomic mass is 32.1.